The summed E-state index contributed by atoms with van der Waals surface area (Å²) in [7, 11) is 0. The van der Waals surface area contributed by atoms with E-state index in [0.717, 1.165) is 0 Å². The van der Waals surface area contributed by atoms with E-state index < -0.39 is 6.70 Å². The van der Waals surface area contributed by atoms with Gasteiger partial charge in [-0.3, -0.25) is 0 Å². The summed E-state index contributed by atoms with van der Waals surface area (Å²) in [6.45, 7) is 3.45. The Labute approximate surface area is 131 Å². The fourth-order valence-corrected chi connectivity index (χ4v) is 3.26. The molecule has 0 heterocycles. The molecule has 18 heavy (non-hydrogen) atoms. The van der Waals surface area contributed by atoms with Gasteiger partial charge in [0.05, 0.1) is 0 Å². The number of halogens is 2. The summed E-state index contributed by atoms with van der Waals surface area (Å²) in [5.74, 6) is 0. The first-order valence-corrected chi connectivity index (χ1v) is 7.91. The maximum atomic E-state index is 5.21. The third kappa shape index (κ3) is 6.21. The van der Waals surface area contributed by atoms with Crippen LogP contribution in [0.3, 0.4) is 0 Å². The van der Waals surface area contributed by atoms with E-state index in [-0.39, 0.29) is 24.8 Å². The van der Waals surface area contributed by atoms with Crippen LogP contribution in [-0.2, 0) is 15.0 Å². The van der Waals surface area contributed by atoms with Crippen LogP contribution in [-0.4, -0.2) is 0 Å². The normalized spacial score (nSPS) is 8.44. The van der Waals surface area contributed by atoms with Crippen molar-refractivity contribution in [3.8, 4) is 0 Å². The zero-order valence-electron chi connectivity index (χ0n) is 10.3. The second-order valence-electron chi connectivity index (χ2n) is 2.92. The molecule has 101 valence electrons. The summed E-state index contributed by atoms with van der Waals surface area (Å²) in [6.07, 6.45) is 0. The molecule has 0 radical (unpaired) electrons. The summed E-state index contributed by atoms with van der Waals surface area (Å²) in [6, 6.07) is 20.7. The molecular weight excluding hydrogens is 329 g/mol. The van der Waals surface area contributed by atoms with E-state index in [1.54, 1.807) is 0 Å². The third-order valence-corrected chi connectivity index (χ3v) is 4.90. The molecule has 2 aromatic rings. The van der Waals surface area contributed by atoms with Crippen molar-refractivity contribution in [2.24, 2.45) is 0 Å². The van der Waals surface area contributed by atoms with Crippen LogP contribution in [0.5, 0.6) is 0 Å². The van der Waals surface area contributed by atoms with Gasteiger partial charge in [-0.1, -0.05) is 13.8 Å². The fourth-order valence-electron chi connectivity index (χ4n) is 1.25. The second-order valence-corrected chi connectivity index (χ2v) is 5.79. The van der Waals surface area contributed by atoms with E-state index >= 15 is 0 Å². The zero-order chi connectivity index (χ0) is 11.8. The van der Waals surface area contributed by atoms with Crippen molar-refractivity contribution in [1.82, 2.24) is 0 Å². The first kappa shape index (κ1) is 20.3. The Balaban J connectivity index is 0. The second kappa shape index (κ2) is 12.0. The predicted molar refractivity (Wildman–Crippen MR) is 70.4 cm³/mol. The third-order valence-electron chi connectivity index (χ3n) is 1.93. The molecule has 0 saturated carbocycles. The Morgan fingerprint density at radius 2 is 0.944 bits per heavy atom. The molecule has 0 atom stereocenters. The van der Waals surface area contributed by atoms with Crippen LogP contribution in [0.15, 0.2) is 60.7 Å². The van der Waals surface area contributed by atoms with E-state index in [2.05, 4.69) is 24.3 Å². The molecule has 0 saturated heterocycles. The Bertz CT molecular complexity index is 356. The topological polar surface area (TPSA) is 0 Å². The molecule has 0 aliphatic heterocycles. The van der Waals surface area contributed by atoms with Crippen molar-refractivity contribution in [1.29, 1.82) is 0 Å². The van der Waals surface area contributed by atoms with Crippen molar-refractivity contribution in [2.45, 2.75) is 13.8 Å². The molecule has 0 aliphatic carbocycles. The minimum atomic E-state index is -0.546. The van der Waals surface area contributed by atoms with Gasteiger partial charge >= 0.3 is 93.0 Å². The van der Waals surface area contributed by atoms with E-state index in [9.17, 15) is 0 Å². The molecule has 0 nitrogen and oxygen atoms in total. The Morgan fingerprint density at radius 3 is 1.22 bits per heavy atom. The first-order chi connectivity index (χ1) is 7.88. The van der Waals surface area contributed by atoms with Gasteiger partial charge in [0.1, 0.15) is 0 Å². The van der Waals surface area contributed by atoms with Crippen molar-refractivity contribution < 1.29 is 39.8 Å². The van der Waals surface area contributed by atoms with Gasteiger partial charge in [-0.05, 0) is 0 Å². The van der Waals surface area contributed by atoms with Crippen LogP contribution >= 0.6 is 6.70 Å². The predicted octanol–water partition coefficient (Wildman–Crippen LogP) is -2.38. The summed E-state index contributed by atoms with van der Waals surface area (Å²) in [5.41, 5.74) is 0. The van der Waals surface area contributed by atoms with E-state index in [0.29, 0.717) is 0 Å². The monoisotopic (exact) mass is 343 g/mol. The molecule has 0 aromatic heterocycles. The molecular formula is C14H16Cl2NiP. The standard InChI is InChI=1S/C12H10P.C2H6.2ClH.Ni/c1-3-7-11(8-4-1)13-12-9-5-2-6-10-12;1-2;;;/h1-10H;1-2H3;2*1H;/q-1;;;;+3/p-2. The van der Waals surface area contributed by atoms with Crippen molar-refractivity contribution >= 4 is 17.3 Å². The SMILES string of the molecule is CC.[Cl-].[Cl-].[Ni+2][P](c1ccccc1)c1ccccc1. The molecule has 2 rings (SSSR count). The Kier molecular flexibility index (Phi) is 13.5. The van der Waals surface area contributed by atoms with Gasteiger partial charge in [-0.15, -0.1) is 0 Å². The molecule has 0 spiro atoms. The van der Waals surface area contributed by atoms with Crippen LogP contribution < -0.4 is 35.4 Å². The van der Waals surface area contributed by atoms with Crippen molar-refractivity contribution in [2.75, 3.05) is 0 Å². The Morgan fingerprint density at radius 1 is 0.667 bits per heavy atom. The van der Waals surface area contributed by atoms with Gasteiger partial charge in [0.25, 0.3) is 0 Å². The molecule has 0 amide bonds. The van der Waals surface area contributed by atoms with Crippen LogP contribution in [0.25, 0.3) is 0 Å². The molecule has 0 N–H and O–H groups in total. The molecule has 0 aliphatic rings. The summed E-state index contributed by atoms with van der Waals surface area (Å²) in [5, 5.41) is 2.54. The average Bonchev–Trinajstić information content (AvgIpc) is 2.42. The molecule has 0 fully saturated rings. The molecule has 0 bridgehead atoms. The summed E-state index contributed by atoms with van der Waals surface area (Å²) >= 11 is 5.21. The van der Waals surface area contributed by atoms with E-state index in [4.69, 9.17) is 15.0 Å². The van der Waals surface area contributed by atoms with Gasteiger partial charge < -0.3 is 24.8 Å². The molecule has 0 unspecified atom stereocenters. The number of hydrogen-bond acceptors (Lipinski definition) is 0. The average molecular weight is 345 g/mol. The molecule has 4 heteroatoms. The summed E-state index contributed by atoms with van der Waals surface area (Å²) < 4.78 is 0. The Hall–Kier alpha value is -0.0565. The van der Waals surface area contributed by atoms with Crippen LogP contribution in [0.4, 0.5) is 0 Å². The quantitative estimate of drug-likeness (QED) is 0.421. The first-order valence-electron chi connectivity index (χ1n) is 5.41. The number of benzene rings is 2. The van der Waals surface area contributed by atoms with Crippen LogP contribution in [0.1, 0.15) is 13.8 Å². The van der Waals surface area contributed by atoms with Crippen molar-refractivity contribution in [3.63, 3.8) is 0 Å². The van der Waals surface area contributed by atoms with Gasteiger partial charge in [-0.25, -0.2) is 0 Å². The van der Waals surface area contributed by atoms with Crippen LogP contribution in [0.2, 0.25) is 0 Å². The summed E-state index contributed by atoms with van der Waals surface area (Å²) in [4.78, 5) is 0. The number of rotatable bonds is 2. The van der Waals surface area contributed by atoms with Crippen molar-refractivity contribution in [3.05, 3.63) is 60.7 Å². The van der Waals surface area contributed by atoms with E-state index in [1.165, 1.54) is 10.6 Å². The van der Waals surface area contributed by atoms with Gasteiger partial charge in [0.2, 0.25) is 0 Å². The minimum absolute atomic E-state index is 0. The zero-order valence-corrected chi connectivity index (χ0v) is 13.7. The number of hydrogen-bond donors (Lipinski definition) is 0. The van der Waals surface area contributed by atoms with Gasteiger partial charge in [-0.2, -0.15) is 0 Å². The van der Waals surface area contributed by atoms with E-state index in [1.807, 2.05) is 50.2 Å². The molecule has 2 aromatic carbocycles. The van der Waals surface area contributed by atoms with Gasteiger partial charge in [0, 0.05) is 0 Å². The van der Waals surface area contributed by atoms with Crippen LogP contribution in [0, 0.1) is 0 Å². The fraction of sp³-hybridized carbons (Fsp3) is 0.143. The van der Waals surface area contributed by atoms with Gasteiger partial charge in [0.15, 0.2) is 0 Å². The maximum absolute atomic E-state index is 5.21.